The molecule has 1 saturated carbocycles. The van der Waals surface area contributed by atoms with Gasteiger partial charge in [0.1, 0.15) is 5.52 Å². The lowest BCUT2D eigenvalue weighted by Crippen LogP contribution is -2.26. The van der Waals surface area contributed by atoms with Crippen LogP contribution in [0.2, 0.25) is 0 Å². The molecule has 0 aromatic carbocycles. The number of aryl methyl sites for hydroxylation is 2. The molecule has 3 N–H and O–H groups in total. The van der Waals surface area contributed by atoms with Gasteiger partial charge < -0.3 is 15.2 Å². The number of nitrogens with one attached hydrogen (secondary N) is 3. The number of rotatable bonds is 5. The number of hydrogen-bond acceptors (Lipinski definition) is 6. The Hall–Kier alpha value is -3.36. The summed E-state index contributed by atoms with van der Waals surface area (Å²) in [6.45, 7) is 4.30. The van der Waals surface area contributed by atoms with Crippen LogP contribution in [0.25, 0.3) is 16.7 Å². The lowest BCUT2D eigenvalue weighted by atomic mass is 9.87. The van der Waals surface area contributed by atoms with E-state index < -0.39 is 0 Å². The van der Waals surface area contributed by atoms with Crippen molar-refractivity contribution in [3.8, 4) is 5.69 Å². The molecule has 1 aliphatic carbocycles. The summed E-state index contributed by atoms with van der Waals surface area (Å²) in [6.07, 6.45) is 10.7. The molecule has 0 bridgehead atoms. The Morgan fingerprint density at radius 3 is 2.70 bits per heavy atom. The molecule has 0 radical (unpaired) electrons. The summed E-state index contributed by atoms with van der Waals surface area (Å²) in [4.78, 5) is 9.58. The molecule has 0 unspecified atom stereocenters. The minimum absolute atomic E-state index is 0.414. The molecule has 9 heteroatoms. The van der Waals surface area contributed by atoms with Crippen molar-refractivity contribution in [1.82, 2.24) is 34.5 Å². The molecule has 5 rings (SSSR count). The summed E-state index contributed by atoms with van der Waals surface area (Å²) in [6, 6.07) is 4.36. The van der Waals surface area contributed by atoms with Crippen molar-refractivity contribution >= 4 is 28.6 Å². The quantitative estimate of drug-likeness (QED) is 0.465. The van der Waals surface area contributed by atoms with E-state index in [4.69, 9.17) is 9.97 Å². The van der Waals surface area contributed by atoms with E-state index in [2.05, 4.69) is 37.4 Å². The van der Waals surface area contributed by atoms with Crippen LogP contribution in [0.15, 0.2) is 30.7 Å². The second-order valence-corrected chi connectivity index (χ2v) is 8.35. The second-order valence-electron chi connectivity index (χ2n) is 8.35. The van der Waals surface area contributed by atoms with Crippen molar-refractivity contribution < 1.29 is 0 Å². The van der Waals surface area contributed by atoms with Gasteiger partial charge in [-0.3, -0.25) is 9.78 Å². The first-order valence-electron chi connectivity index (χ1n) is 10.5. The van der Waals surface area contributed by atoms with Gasteiger partial charge in [-0.15, -0.1) is 0 Å². The zero-order valence-electron chi connectivity index (χ0n) is 17.6. The fraction of sp³-hybridized carbons (Fsp3) is 0.429. The number of fused-ring (bicyclic) bond motifs is 1. The third kappa shape index (κ3) is 3.62. The van der Waals surface area contributed by atoms with Crippen molar-refractivity contribution in [2.45, 2.75) is 45.6 Å². The molecule has 9 nitrogen and oxygen atoms in total. The van der Waals surface area contributed by atoms with Gasteiger partial charge in [0.05, 0.1) is 17.4 Å². The molecule has 1 aliphatic rings. The summed E-state index contributed by atoms with van der Waals surface area (Å²) >= 11 is 0. The zero-order valence-corrected chi connectivity index (χ0v) is 17.6. The SMILES string of the molecule is Cc1cc(Nc2nc(NC3CCC(C)CC3)c3c(ccn3-c3cnn(C)c3)n2)n[nH]1. The van der Waals surface area contributed by atoms with Gasteiger partial charge in [-0.2, -0.15) is 15.2 Å². The standard InChI is InChI=1S/C21H27N9/c1-13-4-6-15(7-5-13)23-20-19-17(8-9-30(19)16-11-22-29(3)12-16)24-21(26-20)25-18-10-14(2)27-28-18/h8-13,15H,4-7H2,1-3H3,(H3,23,24,25,26,27,28). The first-order valence-corrected chi connectivity index (χ1v) is 10.5. The van der Waals surface area contributed by atoms with E-state index in [-0.39, 0.29) is 0 Å². The van der Waals surface area contributed by atoms with Crippen molar-refractivity contribution in [2.24, 2.45) is 13.0 Å². The van der Waals surface area contributed by atoms with Crippen LogP contribution in [0.3, 0.4) is 0 Å². The highest BCUT2D eigenvalue weighted by Gasteiger charge is 2.21. The van der Waals surface area contributed by atoms with Gasteiger partial charge in [-0.25, -0.2) is 4.98 Å². The molecule has 0 aliphatic heterocycles. The Kier molecular flexibility index (Phi) is 4.65. The maximum atomic E-state index is 4.85. The first kappa shape index (κ1) is 18.7. The van der Waals surface area contributed by atoms with Crippen LogP contribution in [-0.2, 0) is 7.05 Å². The van der Waals surface area contributed by atoms with E-state index in [1.54, 1.807) is 4.68 Å². The largest absolute Gasteiger partial charge is 0.365 e. The van der Waals surface area contributed by atoms with Crippen molar-refractivity contribution in [2.75, 3.05) is 10.6 Å². The molecule has 0 spiro atoms. The number of H-pyrrole nitrogens is 1. The molecular formula is C21H27N9. The van der Waals surface area contributed by atoms with Gasteiger partial charge in [0.15, 0.2) is 11.6 Å². The molecule has 156 valence electrons. The van der Waals surface area contributed by atoms with E-state index in [0.29, 0.717) is 17.8 Å². The van der Waals surface area contributed by atoms with E-state index in [0.717, 1.165) is 47.0 Å². The van der Waals surface area contributed by atoms with Crippen molar-refractivity contribution in [3.63, 3.8) is 0 Å². The first-order chi connectivity index (χ1) is 14.5. The van der Waals surface area contributed by atoms with Crippen molar-refractivity contribution in [3.05, 3.63) is 36.4 Å². The van der Waals surface area contributed by atoms with Crippen LogP contribution >= 0.6 is 0 Å². The highest BCUT2D eigenvalue weighted by atomic mass is 15.3. The van der Waals surface area contributed by atoms with Gasteiger partial charge in [0.25, 0.3) is 0 Å². The molecule has 4 aromatic heterocycles. The van der Waals surface area contributed by atoms with Gasteiger partial charge in [0.2, 0.25) is 5.95 Å². The second kappa shape index (κ2) is 7.47. The van der Waals surface area contributed by atoms with E-state index in [1.807, 2.05) is 44.7 Å². The molecule has 1 fully saturated rings. The van der Waals surface area contributed by atoms with Crippen LogP contribution < -0.4 is 10.6 Å². The molecule has 4 heterocycles. The number of nitrogens with zero attached hydrogens (tertiary/aromatic N) is 6. The van der Waals surface area contributed by atoms with E-state index in [9.17, 15) is 0 Å². The van der Waals surface area contributed by atoms with Crippen LogP contribution in [0, 0.1) is 12.8 Å². The third-order valence-corrected chi connectivity index (χ3v) is 5.81. The van der Waals surface area contributed by atoms with Crippen LogP contribution in [0.1, 0.15) is 38.3 Å². The molecule has 0 saturated heterocycles. The average Bonchev–Trinajstić information content (AvgIpc) is 3.44. The van der Waals surface area contributed by atoms with Crippen LogP contribution in [0.5, 0.6) is 0 Å². The average molecular weight is 406 g/mol. The van der Waals surface area contributed by atoms with Gasteiger partial charge in [-0.1, -0.05) is 6.92 Å². The number of anilines is 3. The number of aromatic amines is 1. The Bertz CT molecular complexity index is 1160. The maximum absolute atomic E-state index is 4.85. The number of hydrogen-bond donors (Lipinski definition) is 3. The smallest absolute Gasteiger partial charge is 0.231 e. The minimum Gasteiger partial charge on any atom is -0.365 e. The summed E-state index contributed by atoms with van der Waals surface area (Å²) in [5.41, 5.74) is 3.80. The Balaban J connectivity index is 1.55. The van der Waals surface area contributed by atoms with Crippen LogP contribution in [0.4, 0.5) is 17.6 Å². The highest BCUT2D eigenvalue weighted by Crippen LogP contribution is 2.31. The molecular weight excluding hydrogens is 378 g/mol. The molecule has 30 heavy (non-hydrogen) atoms. The van der Waals surface area contributed by atoms with Crippen LogP contribution in [-0.4, -0.2) is 40.6 Å². The van der Waals surface area contributed by atoms with Crippen molar-refractivity contribution in [1.29, 1.82) is 0 Å². The summed E-state index contributed by atoms with van der Waals surface area (Å²) in [5, 5.41) is 18.4. The van der Waals surface area contributed by atoms with Gasteiger partial charge in [0, 0.05) is 37.2 Å². The highest BCUT2D eigenvalue weighted by molar-refractivity contribution is 5.89. The monoisotopic (exact) mass is 405 g/mol. The summed E-state index contributed by atoms with van der Waals surface area (Å²) < 4.78 is 3.89. The Morgan fingerprint density at radius 1 is 1.17 bits per heavy atom. The molecule has 0 atom stereocenters. The summed E-state index contributed by atoms with van der Waals surface area (Å²) in [5.74, 6) is 2.87. The fourth-order valence-corrected chi connectivity index (χ4v) is 4.14. The minimum atomic E-state index is 0.414. The lowest BCUT2D eigenvalue weighted by molar-refractivity contribution is 0.361. The number of aromatic nitrogens is 7. The zero-order chi connectivity index (χ0) is 20.7. The van der Waals surface area contributed by atoms with Gasteiger partial charge in [-0.05, 0) is 44.6 Å². The fourth-order valence-electron chi connectivity index (χ4n) is 4.14. The molecule has 4 aromatic rings. The lowest BCUT2D eigenvalue weighted by Gasteiger charge is -2.27. The molecule has 0 amide bonds. The maximum Gasteiger partial charge on any atom is 0.231 e. The predicted octanol–water partition coefficient (Wildman–Crippen LogP) is 3.92. The predicted molar refractivity (Wildman–Crippen MR) is 117 cm³/mol. The third-order valence-electron chi connectivity index (χ3n) is 5.81. The summed E-state index contributed by atoms with van der Waals surface area (Å²) in [7, 11) is 1.92. The van der Waals surface area contributed by atoms with Gasteiger partial charge >= 0.3 is 0 Å². The van der Waals surface area contributed by atoms with E-state index in [1.165, 1.54) is 12.8 Å². The topological polar surface area (TPSA) is 101 Å². The van der Waals surface area contributed by atoms with E-state index >= 15 is 0 Å². The normalized spacial score (nSPS) is 19.3. The Labute approximate surface area is 174 Å². The Morgan fingerprint density at radius 2 is 2.00 bits per heavy atom.